The molecular formula is C8H9F2N5O. The molecule has 0 bridgehead atoms. The third kappa shape index (κ3) is 2.06. The maximum atomic E-state index is 12.8. The first-order valence-corrected chi connectivity index (χ1v) is 4.49. The maximum Gasteiger partial charge on any atom is 0.287 e. The molecule has 16 heavy (non-hydrogen) atoms. The second-order valence-electron chi connectivity index (χ2n) is 3.21. The SMILES string of the molecule is OCC(F)(F)CNc1nccn2cnnc12. The van der Waals surface area contributed by atoms with Gasteiger partial charge in [0.25, 0.3) is 5.92 Å². The lowest BCUT2D eigenvalue weighted by atomic mass is 10.3. The average molecular weight is 229 g/mol. The predicted molar refractivity (Wildman–Crippen MR) is 51.3 cm³/mol. The number of nitrogens with zero attached hydrogens (tertiary/aromatic N) is 4. The molecular weight excluding hydrogens is 220 g/mol. The molecule has 0 saturated heterocycles. The zero-order valence-electron chi connectivity index (χ0n) is 8.14. The zero-order chi connectivity index (χ0) is 11.6. The van der Waals surface area contributed by atoms with Crippen LogP contribution >= 0.6 is 0 Å². The van der Waals surface area contributed by atoms with Crippen LogP contribution in [0.5, 0.6) is 0 Å². The number of fused-ring (bicyclic) bond motifs is 1. The Labute approximate surface area is 88.9 Å². The highest BCUT2D eigenvalue weighted by Crippen LogP contribution is 2.15. The van der Waals surface area contributed by atoms with E-state index < -0.39 is 19.1 Å². The highest BCUT2D eigenvalue weighted by Gasteiger charge is 2.27. The van der Waals surface area contributed by atoms with Gasteiger partial charge in [-0.15, -0.1) is 10.2 Å². The Bertz CT molecular complexity index is 486. The minimum Gasteiger partial charge on any atom is -0.390 e. The lowest BCUT2D eigenvalue weighted by Crippen LogP contribution is -2.31. The second-order valence-corrected chi connectivity index (χ2v) is 3.21. The van der Waals surface area contributed by atoms with Gasteiger partial charge in [0.1, 0.15) is 12.9 Å². The fraction of sp³-hybridized carbons (Fsp3) is 0.375. The summed E-state index contributed by atoms with van der Waals surface area (Å²) < 4.78 is 27.1. The van der Waals surface area contributed by atoms with E-state index in [0.717, 1.165) is 0 Å². The van der Waals surface area contributed by atoms with E-state index in [4.69, 9.17) is 5.11 Å². The number of anilines is 1. The number of hydrogen-bond acceptors (Lipinski definition) is 5. The highest BCUT2D eigenvalue weighted by atomic mass is 19.3. The van der Waals surface area contributed by atoms with Gasteiger partial charge in [0.05, 0.1) is 6.54 Å². The first-order valence-electron chi connectivity index (χ1n) is 4.49. The van der Waals surface area contributed by atoms with E-state index in [0.29, 0.717) is 5.65 Å². The van der Waals surface area contributed by atoms with E-state index >= 15 is 0 Å². The van der Waals surface area contributed by atoms with Gasteiger partial charge in [-0.2, -0.15) is 0 Å². The lowest BCUT2D eigenvalue weighted by molar-refractivity contribution is -0.0373. The Morgan fingerprint density at radius 2 is 2.31 bits per heavy atom. The van der Waals surface area contributed by atoms with Crippen molar-refractivity contribution in [3.8, 4) is 0 Å². The molecule has 2 rings (SSSR count). The summed E-state index contributed by atoms with van der Waals surface area (Å²) in [6, 6.07) is 0. The molecule has 0 radical (unpaired) electrons. The Kier molecular flexibility index (Phi) is 2.65. The molecule has 2 aromatic rings. The molecule has 2 aromatic heterocycles. The first-order chi connectivity index (χ1) is 7.62. The summed E-state index contributed by atoms with van der Waals surface area (Å²) in [7, 11) is 0. The van der Waals surface area contributed by atoms with Gasteiger partial charge in [-0.1, -0.05) is 0 Å². The van der Waals surface area contributed by atoms with Gasteiger partial charge in [0.15, 0.2) is 5.82 Å². The molecule has 0 unspecified atom stereocenters. The summed E-state index contributed by atoms with van der Waals surface area (Å²) in [5.74, 6) is -2.98. The van der Waals surface area contributed by atoms with Crippen LogP contribution in [0, 0.1) is 0 Å². The molecule has 0 aliphatic heterocycles. The minimum absolute atomic E-state index is 0.202. The molecule has 0 amide bonds. The van der Waals surface area contributed by atoms with Crippen LogP contribution in [-0.4, -0.2) is 43.8 Å². The summed E-state index contributed by atoms with van der Waals surface area (Å²) in [5.41, 5.74) is 0.358. The van der Waals surface area contributed by atoms with Gasteiger partial charge in [-0.3, -0.25) is 4.40 Å². The molecule has 8 heteroatoms. The van der Waals surface area contributed by atoms with E-state index in [1.165, 1.54) is 12.5 Å². The molecule has 2 heterocycles. The molecule has 86 valence electrons. The van der Waals surface area contributed by atoms with E-state index in [1.54, 1.807) is 10.6 Å². The number of rotatable bonds is 4. The molecule has 0 atom stereocenters. The monoisotopic (exact) mass is 229 g/mol. The number of halogens is 2. The van der Waals surface area contributed by atoms with Gasteiger partial charge >= 0.3 is 0 Å². The van der Waals surface area contributed by atoms with E-state index in [1.807, 2.05) is 0 Å². The van der Waals surface area contributed by atoms with Crippen molar-refractivity contribution < 1.29 is 13.9 Å². The van der Waals surface area contributed by atoms with Gasteiger partial charge in [0.2, 0.25) is 5.65 Å². The van der Waals surface area contributed by atoms with Crippen LogP contribution in [0.1, 0.15) is 0 Å². The van der Waals surface area contributed by atoms with E-state index in [2.05, 4.69) is 20.5 Å². The number of aromatic nitrogens is 4. The smallest absolute Gasteiger partial charge is 0.287 e. The van der Waals surface area contributed by atoms with Crippen molar-refractivity contribution in [1.29, 1.82) is 0 Å². The molecule has 0 spiro atoms. The van der Waals surface area contributed by atoms with Crippen LogP contribution in [0.3, 0.4) is 0 Å². The second kappa shape index (κ2) is 3.97. The third-order valence-electron chi connectivity index (χ3n) is 1.96. The Morgan fingerprint density at radius 1 is 1.50 bits per heavy atom. The molecule has 0 fully saturated rings. The van der Waals surface area contributed by atoms with Crippen molar-refractivity contribution in [3.05, 3.63) is 18.7 Å². The van der Waals surface area contributed by atoms with Crippen molar-refractivity contribution in [2.75, 3.05) is 18.5 Å². The van der Waals surface area contributed by atoms with E-state index in [9.17, 15) is 8.78 Å². The summed E-state index contributed by atoms with van der Waals surface area (Å²) in [5, 5.41) is 18.2. The third-order valence-corrected chi connectivity index (χ3v) is 1.96. The van der Waals surface area contributed by atoms with Crippen LogP contribution in [-0.2, 0) is 0 Å². The molecule has 0 aromatic carbocycles. The normalized spacial score (nSPS) is 11.9. The van der Waals surface area contributed by atoms with Gasteiger partial charge in [0, 0.05) is 12.4 Å². The van der Waals surface area contributed by atoms with Crippen molar-refractivity contribution in [3.63, 3.8) is 0 Å². The minimum atomic E-state index is -3.19. The first kappa shape index (κ1) is 10.7. The number of hydrogen-bond donors (Lipinski definition) is 2. The van der Waals surface area contributed by atoms with Crippen molar-refractivity contribution in [1.82, 2.24) is 19.6 Å². The van der Waals surface area contributed by atoms with Crippen molar-refractivity contribution in [2.24, 2.45) is 0 Å². The van der Waals surface area contributed by atoms with Crippen LogP contribution in [0.4, 0.5) is 14.6 Å². The summed E-state index contributed by atoms with van der Waals surface area (Å²) in [4.78, 5) is 3.87. The largest absolute Gasteiger partial charge is 0.390 e. The summed E-state index contributed by atoms with van der Waals surface area (Å²) >= 11 is 0. The fourth-order valence-corrected chi connectivity index (χ4v) is 1.15. The molecule has 6 nitrogen and oxygen atoms in total. The fourth-order valence-electron chi connectivity index (χ4n) is 1.15. The van der Waals surface area contributed by atoms with Crippen LogP contribution in [0.2, 0.25) is 0 Å². The van der Waals surface area contributed by atoms with Crippen molar-refractivity contribution >= 4 is 11.5 Å². The zero-order valence-corrected chi connectivity index (χ0v) is 8.14. The Hall–Kier alpha value is -1.83. The van der Waals surface area contributed by atoms with E-state index in [-0.39, 0.29) is 5.82 Å². The molecule has 0 aliphatic rings. The predicted octanol–water partition coefficient (Wildman–Crippen LogP) is 0.164. The molecule has 0 saturated carbocycles. The number of nitrogens with one attached hydrogen (secondary N) is 1. The number of aliphatic hydroxyl groups excluding tert-OH is 1. The van der Waals surface area contributed by atoms with Gasteiger partial charge in [-0.05, 0) is 0 Å². The number of aliphatic hydroxyl groups is 1. The lowest BCUT2D eigenvalue weighted by Gasteiger charge is -2.14. The maximum absolute atomic E-state index is 12.8. The van der Waals surface area contributed by atoms with Crippen molar-refractivity contribution in [2.45, 2.75) is 5.92 Å². The van der Waals surface area contributed by atoms with Crippen LogP contribution in [0.15, 0.2) is 18.7 Å². The summed E-state index contributed by atoms with van der Waals surface area (Å²) in [6.07, 6.45) is 4.48. The standard InChI is InChI=1S/C8H9F2N5O/c9-8(10,4-16)3-12-6-7-14-13-5-15(7)2-1-11-6/h1-2,5,16H,3-4H2,(H,11,12). The highest BCUT2D eigenvalue weighted by molar-refractivity contribution is 5.61. The molecule has 2 N–H and O–H groups in total. The molecule has 0 aliphatic carbocycles. The average Bonchev–Trinajstić information content (AvgIpc) is 2.75. The van der Waals surface area contributed by atoms with Gasteiger partial charge < -0.3 is 10.4 Å². The Morgan fingerprint density at radius 3 is 3.06 bits per heavy atom. The van der Waals surface area contributed by atoms with Crippen LogP contribution < -0.4 is 5.32 Å². The number of alkyl halides is 2. The van der Waals surface area contributed by atoms with Crippen LogP contribution in [0.25, 0.3) is 5.65 Å². The summed E-state index contributed by atoms with van der Waals surface area (Å²) in [6.45, 7) is -1.92. The Balaban J connectivity index is 2.18. The topological polar surface area (TPSA) is 75.3 Å². The van der Waals surface area contributed by atoms with Gasteiger partial charge in [-0.25, -0.2) is 13.8 Å². The quantitative estimate of drug-likeness (QED) is 0.781.